The number of aliphatic hydroxyl groups is 1. The van der Waals surface area contributed by atoms with Gasteiger partial charge in [-0.15, -0.1) is 0 Å². The number of rotatable bonds is 4. The van der Waals surface area contributed by atoms with Crippen molar-refractivity contribution < 1.29 is 31.8 Å². The predicted molar refractivity (Wildman–Crippen MR) is 86.9 cm³/mol. The van der Waals surface area contributed by atoms with Gasteiger partial charge in [0.15, 0.2) is 0 Å². The minimum Gasteiger partial charge on any atom is -0.772 e. The lowest BCUT2D eigenvalue weighted by Gasteiger charge is -2.17. The van der Waals surface area contributed by atoms with Gasteiger partial charge in [-0.2, -0.15) is 0 Å². The van der Waals surface area contributed by atoms with E-state index in [2.05, 4.69) is 15.9 Å². The summed E-state index contributed by atoms with van der Waals surface area (Å²) in [7, 11) is 0. The summed E-state index contributed by atoms with van der Waals surface area (Å²) in [6.45, 7) is 0. The highest BCUT2D eigenvalue weighted by Crippen LogP contribution is 2.48. The van der Waals surface area contributed by atoms with Crippen LogP contribution in [0.15, 0.2) is 34.8 Å². The summed E-state index contributed by atoms with van der Waals surface area (Å²) in [6.07, 6.45) is -2.92. The van der Waals surface area contributed by atoms with Crippen molar-refractivity contribution in [1.82, 2.24) is 0 Å². The van der Waals surface area contributed by atoms with Crippen molar-refractivity contribution in [3.05, 3.63) is 57.3 Å². The highest BCUT2D eigenvalue weighted by atomic mass is 79.9. The molecule has 0 saturated carbocycles. The van der Waals surface area contributed by atoms with Gasteiger partial charge in [-0.25, -0.2) is 13.2 Å². The normalized spacial score (nSPS) is 19.5. The van der Waals surface area contributed by atoms with Crippen molar-refractivity contribution in [3.63, 3.8) is 0 Å². The fourth-order valence-corrected chi connectivity index (χ4v) is 3.77. The first kappa shape index (κ1) is 18.4. The highest BCUT2D eigenvalue weighted by Gasteiger charge is 2.49. The molecule has 0 radical (unpaired) electrons. The van der Waals surface area contributed by atoms with Crippen LogP contribution in [0.1, 0.15) is 22.8 Å². The summed E-state index contributed by atoms with van der Waals surface area (Å²) in [6, 6.07) is 6.40. The number of hydrogen-bond donors (Lipinski definition) is 1. The summed E-state index contributed by atoms with van der Waals surface area (Å²) >= 11 is 0.605. The monoisotopic (exact) mass is 435 g/mol. The topological polar surface area (TPSA) is 69.6 Å². The number of fused-ring (bicyclic) bond motifs is 1. The second kappa shape index (κ2) is 6.71. The maximum atomic E-state index is 14.0. The van der Waals surface area contributed by atoms with Gasteiger partial charge in [-0.3, -0.25) is 4.21 Å². The summed E-state index contributed by atoms with van der Waals surface area (Å²) in [5.74, 6) is -4.42. The van der Waals surface area contributed by atoms with Crippen LogP contribution in [-0.4, -0.2) is 19.8 Å². The zero-order valence-electron chi connectivity index (χ0n) is 12.5. The smallest absolute Gasteiger partial charge is 0.281 e. The van der Waals surface area contributed by atoms with Gasteiger partial charge >= 0.3 is 0 Å². The van der Waals surface area contributed by atoms with E-state index in [4.69, 9.17) is 4.74 Å². The van der Waals surface area contributed by atoms with Crippen molar-refractivity contribution in [3.8, 4) is 11.5 Å². The molecule has 0 fully saturated rings. The van der Waals surface area contributed by atoms with Crippen LogP contribution in [0.5, 0.6) is 11.5 Å². The van der Waals surface area contributed by atoms with Gasteiger partial charge in [0.1, 0.15) is 23.4 Å². The Kier molecular flexibility index (Phi) is 4.93. The average molecular weight is 436 g/mol. The molecule has 0 bridgehead atoms. The Labute approximate surface area is 152 Å². The summed E-state index contributed by atoms with van der Waals surface area (Å²) in [5, 5.41) is 9.91. The maximum Gasteiger partial charge on any atom is 0.281 e. The lowest BCUT2D eigenvalue weighted by Crippen LogP contribution is -2.22. The number of ether oxygens (including phenoxy) is 1. The number of benzene rings is 2. The van der Waals surface area contributed by atoms with E-state index >= 15 is 0 Å². The Morgan fingerprint density at radius 2 is 2.08 bits per heavy atom. The molecule has 1 N–H and O–H groups in total. The molecule has 2 atom stereocenters. The molecule has 0 saturated heterocycles. The summed E-state index contributed by atoms with van der Waals surface area (Å²) < 4.78 is 69.2. The Bertz CT molecular complexity index is 839. The lowest BCUT2D eigenvalue weighted by molar-refractivity contribution is -0.0970. The Balaban J connectivity index is 2.06. The van der Waals surface area contributed by atoms with Crippen LogP contribution in [0.2, 0.25) is 0 Å². The van der Waals surface area contributed by atoms with Crippen molar-refractivity contribution in [2.24, 2.45) is 0 Å². The molecular weight excluding hydrogens is 425 g/mol. The third-order valence-corrected chi connectivity index (χ3v) is 4.83. The molecule has 134 valence electrons. The zero-order valence-corrected chi connectivity index (χ0v) is 14.9. The zero-order chi connectivity index (χ0) is 18.4. The van der Waals surface area contributed by atoms with Crippen LogP contribution in [0.4, 0.5) is 13.2 Å². The lowest BCUT2D eigenvalue weighted by atomic mass is 10.0. The van der Waals surface area contributed by atoms with Crippen LogP contribution in [-0.2, 0) is 23.3 Å². The molecule has 0 amide bonds. The molecular formula is C16H11BrF3O4S-. The first-order chi connectivity index (χ1) is 11.7. The van der Waals surface area contributed by atoms with Crippen molar-refractivity contribution in [2.45, 2.75) is 24.2 Å². The highest BCUT2D eigenvalue weighted by molar-refractivity contribution is 9.10. The van der Waals surface area contributed by atoms with E-state index in [1.807, 2.05) is 0 Å². The van der Waals surface area contributed by atoms with Crippen LogP contribution >= 0.6 is 15.9 Å². The predicted octanol–water partition coefficient (Wildman–Crippen LogP) is 3.98. The molecule has 1 aliphatic carbocycles. The maximum absolute atomic E-state index is 14.0. The van der Waals surface area contributed by atoms with Gasteiger partial charge in [0.2, 0.25) is 0 Å². The quantitative estimate of drug-likeness (QED) is 0.737. The van der Waals surface area contributed by atoms with Gasteiger partial charge in [0.05, 0.1) is 0 Å². The second-order valence-electron chi connectivity index (χ2n) is 5.61. The van der Waals surface area contributed by atoms with E-state index in [1.165, 1.54) is 24.3 Å². The van der Waals surface area contributed by atoms with E-state index in [0.29, 0.717) is 4.47 Å². The van der Waals surface area contributed by atoms with Crippen molar-refractivity contribution in [1.29, 1.82) is 0 Å². The molecule has 3 rings (SSSR count). The van der Waals surface area contributed by atoms with Crippen molar-refractivity contribution in [2.75, 3.05) is 0 Å². The average Bonchev–Trinajstić information content (AvgIpc) is 2.71. The first-order valence-electron chi connectivity index (χ1n) is 7.08. The third kappa shape index (κ3) is 3.74. The molecule has 9 heteroatoms. The molecule has 1 unspecified atom stereocenters. The molecule has 1 aliphatic rings. The molecule has 0 spiro atoms. The fraction of sp³-hybridized carbons (Fsp3) is 0.250. The van der Waals surface area contributed by atoms with E-state index in [1.54, 1.807) is 0 Å². The van der Waals surface area contributed by atoms with E-state index in [-0.39, 0.29) is 28.2 Å². The number of aliphatic hydroxyl groups excluding tert-OH is 1. The summed E-state index contributed by atoms with van der Waals surface area (Å²) in [5.41, 5.74) is -0.0521. The molecule has 0 aromatic heterocycles. The standard InChI is InChI=1S/C16H12BrF3O4S/c17-9-3-10(18)5-11(4-9)24-13-2-1-8(7-25(22)23)14-12(13)6-16(19,20)15(14)21/h1-5,15,21H,6-7H2,(H,22,23)/p-1/t15-/m0/s1. The fourth-order valence-electron chi connectivity index (χ4n) is 2.82. The molecule has 0 heterocycles. The minimum atomic E-state index is -3.44. The first-order valence-corrected chi connectivity index (χ1v) is 9.11. The molecule has 2 aromatic rings. The SMILES string of the molecule is O=S([O-])Cc1ccc(Oc2cc(F)cc(Br)c2)c2c1[C@H](O)C(F)(F)C2. The molecule has 25 heavy (non-hydrogen) atoms. The van der Waals surface area contributed by atoms with E-state index in [9.17, 15) is 27.0 Å². The number of halogens is 4. The van der Waals surface area contributed by atoms with Gasteiger partial charge < -0.3 is 14.4 Å². The number of alkyl halides is 2. The van der Waals surface area contributed by atoms with Gasteiger partial charge in [0.25, 0.3) is 5.92 Å². The summed E-state index contributed by atoms with van der Waals surface area (Å²) in [4.78, 5) is 0. The molecule has 0 aliphatic heterocycles. The van der Waals surface area contributed by atoms with Gasteiger partial charge in [-0.1, -0.05) is 33.1 Å². The molecule has 2 aromatic carbocycles. The Morgan fingerprint density at radius 1 is 1.36 bits per heavy atom. The molecule has 4 nitrogen and oxygen atoms in total. The van der Waals surface area contributed by atoms with Crippen LogP contribution < -0.4 is 4.74 Å². The van der Waals surface area contributed by atoms with E-state index < -0.39 is 41.1 Å². The minimum absolute atomic E-state index is 0.0147. The van der Waals surface area contributed by atoms with Crippen molar-refractivity contribution >= 4 is 27.0 Å². The van der Waals surface area contributed by atoms with Crippen LogP contribution in [0, 0.1) is 5.82 Å². The van der Waals surface area contributed by atoms with Gasteiger partial charge in [-0.05, 0) is 29.3 Å². The Hall–Kier alpha value is -1.42. The van der Waals surface area contributed by atoms with E-state index in [0.717, 1.165) is 6.07 Å². The Morgan fingerprint density at radius 3 is 2.72 bits per heavy atom. The van der Waals surface area contributed by atoms with Gasteiger partial charge in [0, 0.05) is 28.3 Å². The third-order valence-electron chi connectivity index (χ3n) is 3.83. The second-order valence-corrected chi connectivity index (χ2v) is 7.42. The largest absolute Gasteiger partial charge is 0.772 e. The van der Waals surface area contributed by atoms with Crippen LogP contribution in [0.3, 0.4) is 0 Å². The number of hydrogen-bond acceptors (Lipinski definition) is 4. The van der Waals surface area contributed by atoms with Crippen LogP contribution in [0.25, 0.3) is 0 Å².